The minimum atomic E-state index is -4.86. The number of H-pyrrole nitrogens is 1. The van der Waals surface area contributed by atoms with Crippen molar-refractivity contribution in [3.05, 3.63) is 112 Å². The van der Waals surface area contributed by atoms with Crippen LogP contribution in [-0.2, 0) is 12.6 Å². The monoisotopic (exact) mass is 606 g/mol. The molecule has 0 bridgehead atoms. The van der Waals surface area contributed by atoms with E-state index in [4.69, 9.17) is 4.74 Å². The van der Waals surface area contributed by atoms with E-state index in [0.29, 0.717) is 22.4 Å². The highest BCUT2D eigenvalue weighted by atomic mass is 19.4. The van der Waals surface area contributed by atoms with E-state index in [1.807, 2.05) is 6.92 Å². The number of nitrogens with one attached hydrogen (secondary N) is 1. The summed E-state index contributed by atoms with van der Waals surface area (Å²) >= 11 is 0. The van der Waals surface area contributed by atoms with Gasteiger partial charge in [-0.3, -0.25) is 4.79 Å². The molecule has 0 saturated carbocycles. The maximum Gasteiger partial charge on any atom is 0.421 e. The number of aryl methyl sites for hydroxylation is 1. The molecule has 44 heavy (non-hydrogen) atoms. The number of aromatic carboxylic acids is 1. The first kappa shape index (κ1) is 30.2. The van der Waals surface area contributed by atoms with Gasteiger partial charge >= 0.3 is 12.1 Å². The average molecular weight is 607 g/mol. The molecule has 2 heterocycles. The third-order valence-electron chi connectivity index (χ3n) is 6.78. The Morgan fingerprint density at radius 2 is 1.75 bits per heavy atom. The number of alkyl halides is 3. The van der Waals surface area contributed by atoms with Crippen molar-refractivity contribution in [3.63, 3.8) is 0 Å². The zero-order valence-corrected chi connectivity index (χ0v) is 23.7. The van der Waals surface area contributed by atoms with Crippen molar-refractivity contribution in [2.45, 2.75) is 39.4 Å². The number of benzene rings is 3. The van der Waals surface area contributed by atoms with E-state index in [9.17, 15) is 32.3 Å². The predicted molar refractivity (Wildman–Crippen MR) is 155 cm³/mol. The van der Waals surface area contributed by atoms with Gasteiger partial charge in [0.15, 0.2) is 0 Å². The van der Waals surface area contributed by atoms with Gasteiger partial charge in [0.1, 0.15) is 23.0 Å². The van der Waals surface area contributed by atoms with Crippen molar-refractivity contribution in [3.8, 4) is 11.6 Å². The molecule has 0 saturated heterocycles. The Morgan fingerprint density at radius 1 is 1.02 bits per heavy atom. The standard InChI is InChI=1S/C32H26F4N4O4/c1-17(2)40(30(41)20-6-4-18(3)5-7-20)27-11-9-22(15-23(27)31(42)43)44-29-24(32(34,35)36)12-19(16-37-29)13-28-38-25-10-8-21(33)14-26(25)39-28/h4-12,14-17H,13H2,1-3H3,(H,38,39)(H,42,43). The summed E-state index contributed by atoms with van der Waals surface area (Å²) in [6.45, 7) is 5.30. The second kappa shape index (κ2) is 11.8. The Bertz CT molecular complexity index is 1870. The van der Waals surface area contributed by atoms with Gasteiger partial charge in [0.25, 0.3) is 5.91 Å². The molecule has 3 aromatic carbocycles. The van der Waals surface area contributed by atoms with Crippen LogP contribution in [0.3, 0.4) is 0 Å². The quantitative estimate of drug-likeness (QED) is 0.177. The number of hydrogen-bond acceptors (Lipinski definition) is 5. The van der Waals surface area contributed by atoms with Crippen molar-refractivity contribution in [1.82, 2.24) is 15.0 Å². The Kier molecular flexibility index (Phi) is 8.09. The van der Waals surface area contributed by atoms with Crippen molar-refractivity contribution in [1.29, 1.82) is 0 Å². The van der Waals surface area contributed by atoms with E-state index in [1.54, 1.807) is 38.1 Å². The highest BCUT2D eigenvalue weighted by molar-refractivity contribution is 6.09. The van der Waals surface area contributed by atoms with Gasteiger partial charge in [-0.15, -0.1) is 0 Å². The lowest BCUT2D eigenvalue weighted by Crippen LogP contribution is -2.38. The van der Waals surface area contributed by atoms with Crippen LogP contribution in [0.25, 0.3) is 11.0 Å². The van der Waals surface area contributed by atoms with E-state index >= 15 is 0 Å². The smallest absolute Gasteiger partial charge is 0.421 e. The fourth-order valence-electron chi connectivity index (χ4n) is 4.72. The molecule has 0 spiro atoms. The summed E-state index contributed by atoms with van der Waals surface area (Å²) in [4.78, 5) is 38.0. The number of carbonyl (C=O) groups is 2. The van der Waals surface area contributed by atoms with Crippen molar-refractivity contribution < 1.29 is 37.0 Å². The highest BCUT2D eigenvalue weighted by Gasteiger charge is 2.36. The van der Waals surface area contributed by atoms with Crippen molar-refractivity contribution in [2.24, 2.45) is 0 Å². The first-order chi connectivity index (χ1) is 20.8. The summed E-state index contributed by atoms with van der Waals surface area (Å²) in [5, 5.41) is 9.98. The van der Waals surface area contributed by atoms with Crippen LogP contribution in [0, 0.1) is 12.7 Å². The van der Waals surface area contributed by atoms with Crippen LogP contribution in [0.1, 0.15) is 57.1 Å². The van der Waals surface area contributed by atoms with Crippen LogP contribution < -0.4 is 9.64 Å². The van der Waals surface area contributed by atoms with Gasteiger partial charge in [0, 0.05) is 24.2 Å². The first-order valence-electron chi connectivity index (χ1n) is 13.5. The number of carboxylic acids is 1. The van der Waals surface area contributed by atoms with Gasteiger partial charge in [-0.1, -0.05) is 17.7 Å². The number of fused-ring (bicyclic) bond motifs is 1. The first-order valence-corrected chi connectivity index (χ1v) is 13.5. The molecule has 0 atom stereocenters. The summed E-state index contributed by atoms with van der Waals surface area (Å²) in [5.41, 5.74) is 0.826. The second-order valence-electron chi connectivity index (χ2n) is 10.4. The molecule has 226 valence electrons. The molecule has 0 unspecified atom stereocenters. The second-order valence-corrected chi connectivity index (χ2v) is 10.4. The Balaban J connectivity index is 1.46. The largest absolute Gasteiger partial charge is 0.478 e. The summed E-state index contributed by atoms with van der Waals surface area (Å²) in [7, 11) is 0. The molecule has 2 aromatic heterocycles. The van der Waals surface area contributed by atoms with Gasteiger partial charge in [-0.25, -0.2) is 19.2 Å². The molecule has 8 nitrogen and oxygen atoms in total. The molecule has 0 aliphatic heterocycles. The van der Waals surface area contributed by atoms with Crippen LogP contribution in [0.15, 0.2) is 72.9 Å². The number of aromatic amines is 1. The number of pyridine rings is 1. The number of halogens is 4. The van der Waals surface area contributed by atoms with Gasteiger partial charge in [-0.2, -0.15) is 13.2 Å². The number of aromatic nitrogens is 3. The van der Waals surface area contributed by atoms with E-state index in [1.165, 1.54) is 41.4 Å². The molecule has 2 N–H and O–H groups in total. The topological polar surface area (TPSA) is 108 Å². The van der Waals surface area contributed by atoms with Crippen LogP contribution >= 0.6 is 0 Å². The fraction of sp³-hybridized carbons (Fsp3) is 0.188. The molecule has 5 aromatic rings. The molecular weight excluding hydrogens is 580 g/mol. The predicted octanol–water partition coefficient (Wildman–Crippen LogP) is 7.56. The number of imidazole rings is 1. The number of amides is 1. The van der Waals surface area contributed by atoms with E-state index in [0.717, 1.165) is 17.7 Å². The molecule has 1 amide bonds. The lowest BCUT2D eigenvalue weighted by Gasteiger charge is -2.28. The van der Waals surface area contributed by atoms with Gasteiger partial charge < -0.3 is 19.7 Å². The minimum absolute atomic E-state index is 0.0510. The fourth-order valence-corrected chi connectivity index (χ4v) is 4.72. The lowest BCUT2D eigenvalue weighted by molar-refractivity contribution is -0.138. The molecule has 0 aliphatic rings. The van der Waals surface area contributed by atoms with E-state index in [2.05, 4.69) is 15.0 Å². The van der Waals surface area contributed by atoms with E-state index in [-0.39, 0.29) is 29.0 Å². The van der Waals surface area contributed by atoms with Crippen LogP contribution in [-0.4, -0.2) is 38.0 Å². The zero-order chi connectivity index (χ0) is 31.8. The summed E-state index contributed by atoms with van der Waals surface area (Å²) in [6.07, 6.45) is -3.73. The molecule has 0 aliphatic carbocycles. The molecule has 12 heteroatoms. The maximum atomic E-state index is 14.1. The van der Waals surface area contributed by atoms with Crippen LogP contribution in [0.4, 0.5) is 23.2 Å². The molecule has 0 fully saturated rings. The minimum Gasteiger partial charge on any atom is -0.478 e. The van der Waals surface area contributed by atoms with Gasteiger partial charge in [0.2, 0.25) is 5.88 Å². The van der Waals surface area contributed by atoms with Crippen molar-refractivity contribution in [2.75, 3.05) is 4.90 Å². The number of nitrogens with zero attached hydrogens (tertiary/aromatic N) is 3. The molecule has 5 rings (SSSR count). The number of carbonyl (C=O) groups excluding carboxylic acids is 1. The summed E-state index contributed by atoms with van der Waals surface area (Å²) in [6, 6.07) is 14.8. The molecule has 0 radical (unpaired) electrons. The number of carboxylic acid groups (broad SMARTS) is 1. The molecular formula is C32H26F4N4O4. The lowest BCUT2D eigenvalue weighted by atomic mass is 10.1. The Morgan fingerprint density at radius 3 is 2.41 bits per heavy atom. The third kappa shape index (κ3) is 6.38. The number of hydrogen-bond donors (Lipinski definition) is 2. The van der Waals surface area contributed by atoms with Gasteiger partial charge in [0.05, 0.1) is 22.3 Å². The van der Waals surface area contributed by atoms with Gasteiger partial charge in [-0.05, 0) is 80.9 Å². The third-order valence-corrected chi connectivity index (χ3v) is 6.78. The summed E-state index contributed by atoms with van der Waals surface area (Å²) < 4.78 is 61.3. The van der Waals surface area contributed by atoms with Crippen LogP contribution in [0.2, 0.25) is 0 Å². The maximum absolute atomic E-state index is 14.1. The number of anilines is 1. The number of rotatable bonds is 8. The number of ether oxygens (including phenoxy) is 1. The van der Waals surface area contributed by atoms with Crippen LogP contribution in [0.5, 0.6) is 11.6 Å². The normalized spacial score (nSPS) is 11.6. The SMILES string of the molecule is Cc1ccc(C(=O)N(c2ccc(Oc3ncc(Cc4nc5ccc(F)cc5[nH]4)cc3C(F)(F)F)cc2C(=O)O)C(C)C)cc1. The Hall–Kier alpha value is -5.26. The van der Waals surface area contributed by atoms with Crippen molar-refractivity contribution >= 4 is 28.6 Å². The summed E-state index contributed by atoms with van der Waals surface area (Å²) in [5.74, 6) is -3.02. The van der Waals surface area contributed by atoms with E-state index < -0.39 is 41.4 Å². The Labute approximate surface area is 249 Å². The zero-order valence-electron chi connectivity index (χ0n) is 23.7. The highest BCUT2D eigenvalue weighted by Crippen LogP contribution is 2.39. The average Bonchev–Trinajstić information content (AvgIpc) is 3.35.